The minimum absolute atomic E-state index is 0.0875. The minimum atomic E-state index is -0.0959. The second-order valence-electron chi connectivity index (χ2n) is 8.94. The van der Waals surface area contributed by atoms with Gasteiger partial charge in [0.05, 0.1) is 52.9 Å². The van der Waals surface area contributed by atoms with Crippen LogP contribution in [-0.2, 0) is 11.3 Å². The molecule has 198 valence electrons. The fourth-order valence-corrected chi connectivity index (χ4v) is 4.65. The van der Waals surface area contributed by atoms with E-state index in [1.807, 2.05) is 36.4 Å². The Morgan fingerprint density at radius 1 is 0.757 bits per heavy atom. The molecule has 0 amide bonds. The van der Waals surface area contributed by atoms with Gasteiger partial charge in [0.25, 0.3) is 0 Å². The van der Waals surface area contributed by atoms with Crippen LogP contribution in [0.3, 0.4) is 0 Å². The number of anilines is 1. The van der Waals surface area contributed by atoms with Crippen LogP contribution in [0, 0.1) is 0 Å². The second-order valence-corrected chi connectivity index (χ2v) is 8.94. The Labute approximate surface area is 219 Å². The van der Waals surface area contributed by atoms with Crippen LogP contribution in [0.2, 0.25) is 0 Å². The average molecular weight is 508 g/mol. The van der Waals surface area contributed by atoms with E-state index in [2.05, 4.69) is 30.4 Å². The largest absolute Gasteiger partial charge is 0.493 e. The Morgan fingerprint density at radius 3 is 1.86 bits per heavy atom. The van der Waals surface area contributed by atoms with Crippen LogP contribution in [0.1, 0.15) is 55.1 Å². The van der Waals surface area contributed by atoms with Crippen molar-refractivity contribution in [3.63, 3.8) is 0 Å². The first-order chi connectivity index (χ1) is 18.1. The lowest BCUT2D eigenvalue weighted by atomic mass is 10.0. The third kappa shape index (κ3) is 6.05. The van der Waals surface area contributed by atoms with Crippen molar-refractivity contribution in [2.45, 2.75) is 44.9 Å². The standard InChI is InChI=1S/C30H37NO6/c1-6-14-36-29-23(31-19-20-10-8-7-9-11-20)15-21(16-26(29)32-2)24-12-13-25(37-24)22-17-27(33-3)30(35-5)28(18-22)34-4/h7-11,15-18,24-25,31H,6,12-14,19H2,1-5H3/t24?,25-/m0/s1. The molecule has 1 N–H and O–H groups in total. The third-order valence-corrected chi connectivity index (χ3v) is 6.52. The predicted molar refractivity (Wildman–Crippen MR) is 144 cm³/mol. The van der Waals surface area contributed by atoms with Crippen LogP contribution in [0.25, 0.3) is 0 Å². The highest BCUT2D eigenvalue weighted by molar-refractivity contribution is 5.65. The molecule has 1 heterocycles. The Balaban J connectivity index is 1.60. The van der Waals surface area contributed by atoms with Crippen molar-refractivity contribution in [3.8, 4) is 28.7 Å². The van der Waals surface area contributed by atoms with Gasteiger partial charge in [0.2, 0.25) is 5.75 Å². The van der Waals surface area contributed by atoms with Crippen molar-refractivity contribution in [3.05, 3.63) is 71.3 Å². The summed E-state index contributed by atoms with van der Waals surface area (Å²) in [5.41, 5.74) is 4.12. The van der Waals surface area contributed by atoms with Crippen molar-refractivity contribution in [2.24, 2.45) is 0 Å². The zero-order valence-corrected chi connectivity index (χ0v) is 22.3. The van der Waals surface area contributed by atoms with Crippen LogP contribution < -0.4 is 29.0 Å². The van der Waals surface area contributed by atoms with E-state index < -0.39 is 0 Å². The van der Waals surface area contributed by atoms with Crippen LogP contribution >= 0.6 is 0 Å². The quantitative estimate of drug-likeness (QED) is 0.292. The summed E-state index contributed by atoms with van der Waals surface area (Å²) < 4.78 is 35.0. The Bertz CT molecular complexity index is 1140. The maximum atomic E-state index is 6.57. The monoisotopic (exact) mass is 507 g/mol. The highest BCUT2D eigenvalue weighted by Crippen LogP contribution is 2.48. The maximum absolute atomic E-state index is 6.57. The summed E-state index contributed by atoms with van der Waals surface area (Å²) in [6.07, 6.45) is 2.46. The normalized spacial score (nSPS) is 16.8. The highest BCUT2D eigenvalue weighted by atomic mass is 16.5. The van der Waals surface area contributed by atoms with Gasteiger partial charge in [-0.25, -0.2) is 0 Å². The van der Waals surface area contributed by atoms with Crippen molar-refractivity contribution >= 4 is 5.69 Å². The predicted octanol–water partition coefficient (Wildman–Crippen LogP) is 6.71. The molecule has 0 radical (unpaired) electrons. The molecule has 4 rings (SSSR count). The molecule has 0 aromatic heterocycles. The van der Waals surface area contributed by atoms with Crippen LogP contribution in [0.5, 0.6) is 28.7 Å². The van der Waals surface area contributed by atoms with Gasteiger partial charge < -0.3 is 33.7 Å². The molecule has 2 atom stereocenters. The fourth-order valence-electron chi connectivity index (χ4n) is 4.65. The Kier molecular flexibility index (Phi) is 9.01. The molecule has 3 aromatic carbocycles. The number of methoxy groups -OCH3 is 4. The number of hydrogen-bond acceptors (Lipinski definition) is 7. The van der Waals surface area contributed by atoms with E-state index in [-0.39, 0.29) is 12.2 Å². The Hall–Kier alpha value is -3.58. The highest BCUT2D eigenvalue weighted by Gasteiger charge is 2.31. The first-order valence-electron chi connectivity index (χ1n) is 12.7. The van der Waals surface area contributed by atoms with E-state index in [1.165, 1.54) is 5.56 Å². The van der Waals surface area contributed by atoms with Gasteiger partial charge in [0, 0.05) is 6.54 Å². The number of hydrogen-bond donors (Lipinski definition) is 1. The second kappa shape index (κ2) is 12.6. The van der Waals surface area contributed by atoms with E-state index in [0.717, 1.165) is 41.8 Å². The lowest BCUT2D eigenvalue weighted by Crippen LogP contribution is -2.08. The van der Waals surface area contributed by atoms with E-state index in [0.29, 0.717) is 36.1 Å². The number of rotatable bonds is 12. The molecule has 7 heteroatoms. The molecule has 0 spiro atoms. The fraction of sp³-hybridized carbons (Fsp3) is 0.400. The topological polar surface area (TPSA) is 67.4 Å². The molecule has 0 saturated carbocycles. The van der Waals surface area contributed by atoms with Gasteiger partial charge in [0.15, 0.2) is 23.0 Å². The van der Waals surface area contributed by atoms with E-state index in [9.17, 15) is 0 Å². The molecule has 1 unspecified atom stereocenters. The van der Waals surface area contributed by atoms with Crippen molar-refractivity contribution < 1.29 is 28.4 Å². The average Bonchev–Trinajstić information content (AvgIpc) is 3.45. The van der Waals surface area contributed by atoms with Gasteiger partial charge in [-0.1, -0.05) is 37.3 Å². The van der Waals surface area contributed by atoms with E-state index >= 15 is 0 Å². The molecule has 1 aliphatic heterocycles. The van der Waals surface area contributed by atoms with Crippen molar-refractivity contribution in [1.29, 1.82) is 0 Å². The van der Waals surface area contributed by atoms with Gasteiger partial charge in [-0.05, 0) is 60.2 Å². The number of ether oxygens (including phenoxy) is 6. The summed E-state index contributed by atoms with van der Waals surface area (Å²) in [6, 6.07) is 18.4. The Morgan fingerprint density at radius 2 is 1.32 bits per heavy atom. The van der Waals surface area contributed by atoms with Gasteiger partial charge in [-0.2, -0.15) is 0 Å². The first-order valence-corrected chi connectivity index (χ1v) is 12.7. The molecular weight excluding hydrogens is 470 g/mol. The van der Waals surface area contributed by atoms with Gasteiger partial charge in [-0.3, -0.25) is 0 Å². The van der Waals surface area contributed by atoms with Gasteiger partial charge in [0.1, 0.15) is 0 Å². The molecule has 7 nitrogen and oxygen atoms in total. The molecule has 1 fully saturated rings. The lowest BCUT2D eigenvalue weighted by Gasteiger charge is -2.21. The first kappa shape index (κ1) is 26.5. The number of benzene rings is 3. The molecule has 0 aliphatic carbocycles. The molecular formula is C30H37NO6. The van der Waals surface area contributed by atoms with Gasteiger partial charge >= 0.3 is 0 Å². The molecule has 1 aliphatic rings. The summed E-state index contributed by atoms with van der Waals surface area (Å²) in [4.78, 5) is 0. The molecule has 0 bridgehead atoms. The van der Waals surface area contributed by atoms with Crippen LogP contribution in [0.15, 0.2) is 54.6 Å². The summed E-state index contributed by atoms with van der Waals surface area (Å²) >= 11 is 0. The zero-order valence-electron chi connectivity index (χ0n) is 22.3. The van der Waals surface area contributed by atoms with Gasteiger partial charge in [-0.15, -0.1) is 0 Å². The zero-order chi connectivity index (χ0) is 26.2. The maximum Gasteiger partial charge on any atom is 0.203 e. The summed E-state index contributed by atoms with van der Waals surface area (Å²) in [5.74, 6) is 3.24. The van der Waals surface area contributed by atoms with E-state index in [1.54, 1.807) is 28.4 Å². The smallest absolute Gasteiger partial charge is 0.203 e. The molecule has 37 heavy (non-hydrogen) atoms. The molecule has 3 aromatic rings. The van der Waals surface area contributed by atoms with Crippen LogP contribution in [-0.4, -0.2) is 35.0 Å². The lowest BCUT2D eigenvalue weighted by molar-refractivity contribution is 0.0437. The summed E-state index contributed by atoms with van der Waals surface area (Å²) in [5, 5.41) is 3.56. The number of nitrogens with one attached hydrogen (secondary N) is 1. The van der Waals surface area contributed by atoms with Crippen LogP contribution in [0.4, 0.5) is 5.69 Å². The summed E-state index contributed by atoms with van der Waals surface area (Å²) in [6.45, 7) is 3.38. The van der Waals surface area contributed by atoms with Crippen molar-refractivity contribution in [2.75, 3.05) is 40.4 Å². The molecule has 1 saturated heterocycles. The van der Waals surface area contributed by atoms with Crippen molar-refractivity contribution in [1.82, 2.24) is 0 Å². The summed E-state index contributed by atoms with van der Waals surface area (Å²) in [7, 11) is 6.52. The SMILES string of the molecule is CCCOc1c(NCc2ccccc2)cc(C2CC[C@@H](c3cc(OC)c(OC)c(OC)c3)O2)cc1OC. The minimum Gasteiger partial charge on any atom is -0.493 e. The van der Waals surface area contributed by atoms with E-state index in [4.69, 9.17) is 28.4 Å². The third-order valence-electron chi connectivity index (χ3n) is 6.52.